The Morgan fingerprint density at radius 2 is 2.46 bits per heavy atom. The van der Waals surface area contributed by atoms with E-state index < -0.39 is 0 Å². The zero-order valence-electron chi connectivity index (χ0n) is 8.09. The fourth-order valence-corrected chi connectivity index (χ4v) is 3.87. The molecule has 1 unspecified atom stereocenters. The summed E-state index contributed by atoms with van der Waals surface area (Å²) in [5, 5.41) is 0. The summed E-state index contributed by atoms with van der Waals surface area (Å²) in [4.78, 5) is 10.8. The first-order valence-corrected chi connectivity index (χ1v) is 6.75. The van der Waals surface area contributed by atoms with Crippen LogP contribution in [0.5, 0.6) is 0 Å². The van der Waals surface area contributed by atoms with Gasteiger partial charge in [0, 0.05) is 0 Å². The Bertz CT molecular complexity index is 180. The first-order valence-electron chi connectivity index (χ1n) is 4.26. The second-order valence-electron chi connectivity index (χ2n) is 3.16. The average Bonchev–Trinajstić information content (AvgIpc) is 2.52. The minimum absolute atomic E-state index is 0.00966. The molecule has 0 aromatic carbocycles. The number of methoxy groups -OCH3 is 1. The van der Waals surface area contributed by atoms with Crippen LogP contribution in [0.15, 0.2) is 0 Å². The van der Waals surface area contributed by atoms with E-state index in [1.54, 1.807) is 0 Å². The van der Waals surface area contributed by atoms with Crippen LogP contribution in [-0.4, -0.2) is 47.1 Å². The number of alkyl halides is 1. The summed E-state index contributed by atoms with van der Waals surface area (Å²) in [6.45, 7) is 2.80. The van der Waals surface area contributed by atoms with Gasteiger partial charge in [0.15, 0.2) is 0 Å². The zero-order chi connectivity index (χ0) is 9.73. The van der Waals surface area contributed by atoms with Crippen LogP contribution in [0.4, 0.5) is 0 Å². The normalized spacial score (nSPS) is 27.8. The van der Waals surface area contributed by atoms with Gasteiger partial charge >= 0.3 is 89.3 Å². The van der Waals surface area contributed by atoms with Crippen molar-refractivity contribution in [2.24, 2.45) is 0 Å². The summed E-state index contributed by atoms with van der Waals surface area (Å²) >= 11 is 0.00966. The molecule has 1 atom stereocenters. The van der Waals surface area contributed by atoms with Gasteiger partial charge in [0.1, 0.15) is 0 Å². The van der Waals surface area contributed by atoms with E-state index in [1.807, 2.05) is 0 Å². The van der Waals surface area contributed by atoms with Crippen molar-refractivity contribution in [3.05, 3.63) is 0 Å². The molecule has 1 aliphatic rings. The Hall–Kier alpha value is 0.120. The SMILES string of the molecule is COC(=O)CC[I-][N+]1(C)CCOC1. The van der Waals surface area contributed by atoms with Crippen LogP contribution < -0.4 is 21.5 Å². The average molecular weight is 301 g/mol. The van der Waals surface area contributed by atoms with Crippen molar-refractivity contribution in [1.29, 1.82) is 0 Å². The van der Waals surface area contributed by atoms with Gasteiger partial charge in [-0.3, -0.25) is 0 Å². The van der Waals surface area contributed by atoms with Crippen LogP contribution in [0.3, 0.4) is 0 Å². The number of likely N-dealkylation sites (N-methyl/N-ethyl adjacent to an activating group) is 1. The van der Waals surface area contributed by atoms with Crippen LogP contribution in [0.25, 0.3) is 0 Å². The number of rotatable bonds is 4. The van der Waals surface area contributed by atoms with Gasteiger partial charge in [0.2, 0.25) is 0 Å². The van der Waals surface area contributed by atoms with Gasteiger partial charge in [-0.05, 0) is 0 Å². The molecule has 0 N–H and O–H groups in total. The molecule has 0 bridgehead atoms. The molecule has 0 radical (unpaired) electrons. The molecule has 1 rings (SSSR count). The maximum atomic E-state index is 10.8. The number of carbonyl (C=O) groups is 1. The molecule has 0 amide bonds. The van der Waals surface area contributed by atoms with E-state index in [-0.39, 0.29) is 27.4 Å². The van der Waals surface area contributed by atoms with Crippen LogP contribution in [0.1, 0.15) is 6.42 Å². The number of halogens is 1. The quantitative estimate of drug-likeness (QED) is 0.240. The van der Waals surface area contributed by atoms with Gasteiger partial charge in [0.25, 0.3) is 0 Å². The first-order chi connectivity index (χ1) is 6.16. The third kappa shape index (κ3) is 3.78. The number of esters is 1. The van der Waals surface area contributed by atoms with Crippen molar-refractivity contribution in [2.45, 2.75) is 6.42 Å². The summed E-state index contributed by atoms with van der Waals surface area (Å²) in [7, 11) is 3.65. The second kappa shape index (κ2) is 5.11. The molecular weight excluding hydrogens is 285 g/mol. The summed E-state index contributed by atoms with van der Waals surface area (Å²) in [5.74, 6) is -0.0913. The van der Waals surface area contributed by atoms with Crippen LogP contribution in [0.2, 0.25) is 0 Å². The molecule has 0 spiro atoms. The predicted molar refractivity (Wildman–Crippen MR) is 43.4 cm³/mol. The number of quaternary nitrogens is 1. The van der Waals surface area contributed by atoms with E-state index in [1.165, 1.54) is 7.11 Å². The van der Waals surface area contributed by atoms with Crippen molar-refractivity contribution in [3.63, 3.8) is 0 Å². The molecule has 0 aromatic rings. The molecule has 0 aliphatic carbocycles. The number of hydrogen-bond donors (Lipinski definition) is 0. The van der Waals surface area contributed by atoms with Gasteiger partial charge in [-0.25, -0.2) is 0 Å². The number of nitrogens with zero attached hydrogens (tertiary/aromatic N) is 1. The predicted octanol–water partition coefficient (Wildman–Crippen LogP) is -3.01. The van der Waals surface area contributed by atoms with E-state index in [9.17, 15) is 4.79 Å². The number of carbonyl (C=O) groups excluding carboxylic acids is 1. The molecule has 78 valence electrons. The summed E-state index contributed by atoms with van der Waals surface area (Å²) in [6.07, 6.45) is 0.567. The molecule has 1 heterocycles. The molecule has 4 nitrogen and oxygen atoms in total. The summed E-state index contributed by atoms with van der Waals surface area (Å²) in [6, 6.07) is 0. The minimum atomic E-state index is -0.0913. The molecule has 0 aromatic heterocycles. The third-order valence-corrected chi connectivity index (χ3v) is 5.39. The Morgan fingerprint density at radius 1 is 1.69 bits per heavy atom. The van der Waals surface area contributed by atoms with Gasteiger partial charge in [-0.15, -0.1) is 0 Å². The van der Waals surface area contributed by atoms with E-state index >= 15 is 0 Å². The van der Waals surface area contributed by atoms with E-state index in [0.29, 0.717) is 6.42 Å². The van der Waals surface area contributed by atoms with Crippen molar-refractivity contribution >= 4 is 5.97 Å². The van der Waals surface area contributed by atoms with Crippen LogP contribution in [0, 0.1) is 0 Å². The van der Waals surface area contributed by atoms with Gasteiger partial charge in [0.05, 0.1) is 0 Å². The van der Waals surface area contributed by atoms with Crippen molar-refractivity contribution in [3.8, 4) is 0 Å². The molecule has 1 aliphatic heterocycles. The molecule has 1 fully saturated rings. The van der Waals surface area contributed by atoms with E-state index in [2.05, 4.69) is 11.8 Å². The second-order valence-corrected chi connectivity index (χ2v) is 7.25. The van der Waals surface area contributed by atoms with E-state index in [0.717, 1.165) is 27.0 Å². The number of ether oxygens (including phenoxy) is 2. The monoisotopic (exact) mass is 301 g/mol. The van der Waals surface area contributed by atoms with E-state index in [4.69, 9.17) is 4.74 Å². The van der Waals surface area contributed by atoms with Gasteiger partial charge in [-0.1, -0.05) is 0 Å². The molecule has 5 heteroatoms. The molecule has 1 saturated heterocycles. The standard InChI is InChI=1S/C8H16INO3/c1-10(5-6-13-7-10)9-4-3-8(11)12-2/h3-7H2,1-2H3. The topological polar surface area (TPSA) is 35.5 Å². The molecular formula is C8H16INO3. The molecule has 0 saturated carbocycles. The fraction of sp³-hybridized carbons (Fsp3) is 0.875. The first kappa shape index (κ1) is 11.2. The number of hydrogen-bond acceptors (Lipinski definition) is 3. The van der Waals surface area contributed by atoms with Gasteiger partial charge in [-0.2, -0.15) is 0 Å². The maximum absolute atomic E-state index is 10.8. The zero-order valence-corrected chi connectivity index (χ0v) is 10.2. The Balaban J connectivity index is 2.14. The Kier molecular flexibility index (Phi) is 4.40. The van der Waals surface area contributed by atoms with Crippen molar-refractivity contribution in [1.82, 2.24) is 0 Å². The van der Waals surface area contributed by atoms with Crippen LogP contribution >= 0.6 is 0 Å². The molecule has 13 heavy (non-hydrogen) atoms. The summed E-state index contributed by atoms with van der Waals surface area (Å²) < 4.78 is 11.9. The van der Waals surface area contributed by atoms with Crippen molar-refractivity contribution in [2.75, 3.05) is 38.5 Å². The van der Waals surface area contributed by atoms with Gasteiger partial charge < -0.3 is 0 Å². The Labute approximate surface area is 89.4 Å². The summed E-state index contributed by atoms with van der Waals surface area (Å²) in [5.41, 5.74) is 0. The fourth-order valence-electron chi connectivity index (χ4n) is 1.09. The van der Waals surface area contributed by atoms with Crippen LogP contribution in [-0.2, 0) is 14.3 Å². The third-order valence-electron chi connectivity index (χ3n) is 1.96. The van der Waals surface area contributed by atoms with Crippen molar-refractivity contribution < 1.29 is 38.4 Å². The Morgan fingerprint density at radius 3 is 3.00 bits per heavy atom.